The highest BCUT2D eigenvalue weighted by molar-refractivity contribution is 6.31. The number of nitrogens with zero attached hydrogens (tertiary/aromatic N) is 4. The molecule has 2 aromatic heterocycles. The highest BCUT2D eigenvalue weighted by atomic mass is 35.5. The molecule has 1 aliphatic heterocycles. The van der Waals surface area contributed by atoms with E-state index in [9.17, 15) is 27.6 Å². The highest BCUT2D eigenvalue weighted by Crippen LogP contribution is 2.41. The maximum absolute atomic E-state index is 14.0. The third kappa shape index (κ3) is 6.20. The highest BCUT2D eigenvalue weighted by Gasteiger charge is 2.52. The molecular weight excluding hydrogens is 597 g/mol. The van der Waals surface area contributed by atoms with E-state index < -0.39 is 65.9 Å². The van der Waals surface area contributed by atoms with Gasteiger partial charge in [-0.25, -0.2) is 17.9 Å². The van der Waals surface area contributed by atoms with Gasteiger partial charge in [0.15, 0.2) is 35.9 Å². The van der Waals surface area contributed by atoms with Crippen molar-refractivity contribution in [3.63, 3.8) is 0 Å². The first-order chi connectivity index (χ1) is 20.4. The number of rotatable bonds is 7. The first-order valence-electron chi connectivity index (χ1n) is 12.9. The summed E-state index contributed by atoms with van der Waals surface area (Å²) in [5.41, 5.74) is 0.435. The Morgan fingerprint density at radius 2 is 1.63 bits per heavy atom. The number of carbonyl (C=O) groups excluding carboxylic acids is 3. The Morgan fingerprint density at radius 3 is 2.28 bits per heavy atom. The van der Waals surface area contributed by atoms with Crippen LogP contribution in [0.1, 0.15) is 33.0 Å². The van der Waals surface area contributed by atoms with Gasteiger partial charge in [-0.05, 0) is 36.4 Å². The molecule has 0 N–H and O–H groups in total. The molecule has 4 aromatic rings. The van der Waals surface area contributed by atoms with E-state index in [1.165, 1.54) is 24.7 Å². The monoisotopic (exact) mass is 620 g/mol. The quantitative estimate of drug-likeness (QED) is 0.166. The summed E-state index contributed by atoms with van der Waals surface area (Å²) in [5, 5.41) is 9.28. The zero-order chi connectivity index (χ0) is 31.0. The number of ether oxygens (including phenoxy) is 4. The van der Waals surface area contributed by atoms with Gasteiger partial charge in [0.1, 0.15) is 24.4 Å². The summed E-state index contributed by atoms with van der Waals surface area (Å²) in [4.78, 5) is 36.4. The fraction of sp³-hybridized carbons (Fsp3) is 0.321. The molecule has 15 heteroatoms. The van der Waals surface area contributed by atoms with Crippen LogP contribution in [0, 0.1) is 17.5 Å². The lowest BCUT2D eigenvalue weighted by molar-refractivity contribution is -0.246. The van der Waals surface area contributed by atoms with E-state index in [1.807, 2.05) is 0 Å². The molecule has 0 unspecified atom stereocenters. The van der Waals surface area contributed by atoms with Crippen LogP contribution in [0.2, 0.25) is 5.02 Å². The fourth-order valence-electron chi connectivity index (χ4n) is 5.04. The number of aromatic nitrogens is 4. The molecule has 2 aromatic carbocycles. The third-order valence-corrected chi connectivity index (χ3v) is 6.98. The van der Waals surface area contributed by atoms with Gasteiger partial charge in [0.2, 0.25) is 0 Å². The predicted molar refractivity (Wildman–Crippen MR) is 143 cm³/mol. The number of hydrogen-bond acceptors (Lipinski definition) is 9. The summed E-state index contributed by atoms with van der Waals surface area (Å²) in [6.07, 6.45) is -1.81. The van der Waals surface area contributed by atoms with E-state index in [2.05, 4.69) is 10.3 Å². The van der Waals surface area contributed by atoms with Gasteiger partial charge in [0.25, 0.3) is 0 Å². The van der Waals surface area contributed by atoms with E-state index in [1.54, 1.807) is 35.0 Å². The molecule has 0 aliphatic carbocycles. The second kappa shape index (κ2) is 12.1. The predicted octanol–water partition coefficient (Wildman–Crippen LogP) is 4.54. The maximum atomic E-state index is 14.0. The van der Waals surface area contributed by atoms with Crippen molar-refractivity contribution in [2.24, 2.45) is 0 Å². The minimum atomic E-state index is -1.65. The van der Waals surface area contributed by atoms with Crippen molar-refractivity contribution in [2.45, 2.75) is 51.4 Å². The first-order valence-corrected chi connectivity index (χ1v) is 13.3. The van der Waals surface area contributed by atoms with Gasteiger partial charge in [-0.3, -0.25) is 14.4 Å². The molecule has 1 saturated heterocycles. The first kappa shape index (κ1) is 30.0. The zero-order valence-corrected chi connectivity index (χ0v) is 23.6. The number of benzene rings is 2. The minimum Gasteiger partial charge on any atom is -0.463 e. The minimum absolute atomic E-state index is 0.0680. The largest absolute Gasteiger partial charge is 0.463 e. The van der Waals surface area contributed by atoms with Crippen molar-refractivity contribution in [2.75, 3.05) is 6.61 Å². The second-order valence-corrected chi connectivity index (χ2v) is 10.2. The van der Waals surface area contributed by atoms with E-state index in [0.717, 1.165) is 24.4 Å². The standard InChI is InChI=1S/C28H24ClF3N4O7/c1-13(37)40-12-23-26(41-14(2)38)25(36-11-21(33-34-36)17-9-19(30)24(32)20(31)10-17)27(42-15(3)39)28(43-23)35-7-6-16-8-18(29)4-5-22(16)35/h4-11,23,25-28H,12H2,1-3H3/t23-,25+,26+,27-,28-/m1/s1. The molecule has 43 heavy (non-hydrogen) atoms. The molecule has 3 heterocycles. The van der Waals surface area contributed by atoms with Crippen LogP contribution in [0.15, 0.2) is 48.8 Å². The van der Waals surface area contributed by atoms with Crippen molar-refractivity contribution in [1.29, 1.82) is 0 Å². The van der Waals surface area contributed by atoms with Gasteiger partial charge in [0.05, 0.1) is 11.7 Å². The fourth-order valence-corrected chi connectivity index (χ4v) is 5.22. The van der Waals surface area contributed by atoms with Crippen molar-refractivity contribution >= 4 is 40.4 Å². The van der Waals surface area contributed by atoms with Crippen LogP contribution >= 0.6 is 11.6 Å². The number of fused-ring (bicyclic) bond motifs is 1. The van der Waals surface area contributed by atoms with Gasteiger partial charge in [-0.15, -0.1) is 5.10 Å². The lowest BCUT2D eigenvalue weighted by Gasteiger charge is -2.45. The van der Waals surface area contributed by atoms with E-state index >= 15 is 0 Å². The molecule has 5 atom stereocenters. The molecule has 1 fully saturated rings. The normalized spacial score (nSPS) is 21.9. The number of carbonyl (C=O) groups is 3. The molecule has 0 radical (unpaired) electrons. The summed E-state index contributed by atoms with van der Waals surface area (Å²) in [6, 6.07) is 7.18. The van der Waals surface area contributed by atoms with E-state index in [4.69, 9.17) is 30.5 Å². The molecule has 0 bridgehead atoms. The van der Waals surface area contributed by atoms with Crippen molar-refractivity contribution in [3.05, 3.63) is 71.3 Å². The Kier molecular flexibility index (Phi) is 8.42. The van der Waals surface area contributed by atoms with Crippen LogP contribution in [0.4, 0.5) is 13.2 Å². The average molecular weight is 621 g/mol. The Morgan fingerprint density at radius 1 is 0.953 bits per heavy atom. The van der Waals surface area contributed by atoms with Crippen LogP contribution in [-0.4, -0.2) is 62.4 Å². The Hall–Kier alpha value is -4.43. The number of hydrogen-bond donors (Lipinski definition) is 0. The summed E-state index contributed by atoms with van der Waals surface area (Å²) < 4.78 is 67.4. The van der Waals surface area contributed by atoms with Crippen molar-refractivity contribution < 1.29 is 46.5 Å². The summed E-state index contributed by atoms with van der Waals surface area (Å²) in [6.45, 7) is 3.14. The van der Waals surface area contributed by atoms with Crippen molar-refractivity contribution in [3.8, 4) is 11.3 Å². The summed E-state index contributed by atoms with van der Waals surface area (Å²) >= 11 is 6.16. The van der Waals surface area contributed by atoms with Crippen molar-refractivity contribution in [1.82, 2.24) is 19.6 Å². The molecule has 11 nitrogen and oxygen atoms in total. The maximum Gasteiger partial charge on any atom is 0.303 e. The molecule has 0 saturated carbocycles. The topological polar surface area (TPSA) is 124 Å². The van der Waals surface area contributed by atoms with Crippen LogP contribution in [0.5, 0.6) is 0 Å². The van der Waals surface area contributed by atoms with E-state index in [-0.39, 0.29) is 17.9 Å². The molecule has 226 valence electrons. The van der Waals surface area contributed by atoms with Gasteiger partial charge in [-0.1, -0.05) is 16.8 Å². The number of esters is 3. The van der Waals surface area contributed by atoms with E-state index in [0.29, 0.717) is 10.5 Å². The summed E-state index contributed by atoms with van der Waals surface area (Å²) in [7, 11) is 0. The molecule has 1 aliphatic rings. The molecule has 0 amide bonds. The van der Waals surface area contributed by atoms with Gasteiger partial charge in [0, 0.05) is 42.9 Å². The van der Waals surface area contributed by atoms with Gasteiger partial charge >= 0.3 is 17.9 Å². The summed E-state index contributed by atoms with van der Waals surface area (Å²) in [5.74, 6) is -6.62. The molecular formula is C28H24ClF3N4O7. The zero-order valence-electron chi connectivity index (χ0n) is 22.9. The molecule has 5 rings (SSSR count). The lowest BCUT2D eigenvalue weighted by atomic mass is 9.94. The van der Waals surface area contributed by atoms with Crippen LogP contribution < -0.4 is 0 Å². The van der Waals surface area contributed by atoms with Gasteiger partial charge in [-0.2, -0.15) is 0 Å². The van der Waals surface area contributed by atoms with Gasteiger partial charge < -0.3 is 23.5 Å². The average Bonchev–Trinajstić information content (AvgIpc) is 3.58. The number of halogens is 4. The molecule has 0 spiro atoms. The smallest absolute Gasteiger partial charge is 0.303 e. The van der Waals surface area contributed by atoms with Crippen LogP contribution in [-0.2, 0) is 33.3 Å². The Balaban J connectivity index is 1.67. The second-order valence-electron chi connectivity index (χ2n) is 9.77. The van der Waals surface area contributed by atoms with Crippen LogP contribution in [0.25, 0.3) is 22.2 Å². The SMILES string of the molecule is CC(=O)OC[C@H]1O[C@@H](n2ccc3cc(Cl)ccc32)[C@H](OC(C)=O)[C@@H](n2cc(-c3cc(F)c(F)c(F)c3)nn2)[C@H]1OC(C)=O. The lowest BCUT2D eigenvalue weighted by Crippen LogP contribution is -2.56. The van der Waals surface area contributed by atoms with Crippen LogP contribution in [0.3, 0.4) is 0 Å². The third-order valence-electron chi connectivity index (χ3n) is 6.74. The Bertz CT molecular complexity index is 1690. The Labute approximate surface area is 247 Å².